The molecule has 4 nitrogen and oxygen atoms in total. The zero-order valence-electron chi connectivity index (χ0n) is 13.6. The van der Waals surface area contributed by atoms with Crippen LogP contribution in [0.4, 0.5) is 10.2 Å². The lowest BCUT2D eigenvalue weighted by atomic mass is 10.0. The third-order valence-electron chi connectivity index (χ3n) is 4.20. The van der Waals surface area contributed by atoms with Crippen molar-refractivity contribution >= 4 is 27.7 Å². The maximum Gasteiger partial charge on any atom is 0.259 e. The molecule has 1 aliphatic rings. The highest BCUT2D eigenvalue weighted by Crippen LogP contribution is 2.37. The van der Waals surface area contributed by atoms with Gasteiger partial charge in [0.25, 0.3) is 5.91 Å². The first-order chi connectivity index (χ1) is 12.6. The highest BCUT2D eigenvalue weighted by atomic mass is 79.9. The van der Waals surface area contributed by atoms with Crippen molar-refractivity contribution in [3.05, 3.63) is 76.1 Å². The van der Waals surface area contributed by atoms with E-state index >= 15 is 0 Å². The highest BCUT2D eigenvalue weighted by molar-refractivity contribution is 9.10. The van der Waals surface area contributed by atoms with Crippen molar-refractivity contribution in [2.75, 3.05) is 11.9 Å². The van der Waals surface area contributed by atoms with Gasteiger partial charge in [-0.2, -0.15) is 0 Å². The molecule has 0 fully saturated rings. The summed E-state index contributed by atoms with van der Waals surface area (Å²) in [7, 11) is 0. The molecular weight excluding hydrogens is 399 g/mol. The Labute approximate surface area is 158 Å². The van der Waals surface area contributed by atoms with Crippen LogP contribution in [-0.2, 0) is 6.42 Å². The van der Waals surface area contributed by atoms with Crippen LogP contribution >= 0.6 is 15.9 Å². The fraction of sp³-hybridized carbons (Fsp3) is 0.100. The van der Waals surface area contributed by atoms with Gasteiger partial charge >= 0.3 is 0 Å². The average Bonchev–Trinajstić information content (AvgIpc) is 3.12. The molecule has 0 saturated carbocycles. The van der Waals surface area contributed by atoms with Gasteiger partial charge in [-0.05, 0) is 63.5 Å². The average molecular weight is 413 g/mol. The molecule has 130 valence electrons. The summed E-state index contributed by atoms with van der Waals surface area (Å²) in [5.74, 6) is 0.175. The lowest BCUT2D eigenvalue weighted by Crippen LogP contribution is -2.14. The quantitative estimate of drug-likeness (QED) is 0.669. The number of carbonyl (C=O) groups excluding carboxylic acids is 1. The molecule has 6 heteroatoms. The van der Waals surface area contributed by atoms with Crippen molar-refractivity contribution in [2.24, 2.45) is 0 Å². The van der Waals surface area contributed by atoms with Crippen molar-refractivity contribution in [1.82, 2.24) is 4.98 Å². The summed E-state index contributed by atoms with van der Waals surface area (Å²) < 4.78 is 20.2. The second-order valence-corrected chi connectivity index (χ2v) is 6.77. The van der Waals surface area contributed by atoms with Gasteiger partial charge in [0.05, 0.1) is 16.6 Å². The van der Waals surface area contributed by atoms with E-state index in [0.717, 1.165) is 33.3 Å². The maximum atomic E-state index is 13.7. The largest absolute Gasteiger partial charge is 0.492 e. The lowest BCUT2D eigenvalue weighted by Gasteiger charge is -2.09. The fourth-order valence-electron chi connectivity index (χ4n) is 2.90. The number of hydrogen-bond acceptors (Lipinski definition) is 3. The summed E-state index contributed by atoms with van der Waals surface area (Å²) in [6.07, 6.45) is 2.56. The van der Waals surface area contributed by atoms with Crippen LogP contribution in [0.1, 0.15) is 15.9 Å². The molecular formula is C20H14BrFN2O2. The number of nitrogens with one attached hydrogen (secondary N) is 1. The zero-order valence-corrected chi connectivity index (χ0v) is 15.2. The third kappa shape index (κ3) is 3.20. The number of benzene rings is 2. The molecule has 0 unspecified atom stereocenters. The van der Waals surface area contributed by atoms with Crippen molar-refractivity contribution < 1.29 is 13.9 Å². The Morgan fingerprint density at radius 2 is 2.00 bits per heavy atom. The van der Waals surface area contributed by atoms with E-state index in [9.17, 15) is 9.18 Å². The van der Waals surface area contributed by atoms with Crippen molar-refractivity contribution in [2.45, 2.75) is 6.42 Å². The van der Waals surface area contributed by atoms with Crippen LogP contribution in [0.5, 0.6) is 5.75 Å². The molecule has 1 aromatic heterocycles. The van der Waals surface area contributed by atoms with E-state index in [0.29, 0.717) is 12.4 Å². The van der Waals surface area contributed by atoms with Crippen LogP contribution in [0, 0.1) is 5.82 Å². The van der Waals surface area contributed by atoms with Crippen LogP contribution in [0.2, 0.25) is 0 Å². The Morgan fingerprint density at radius 3 is 2.77 bits per heavy atom. The van der Waals surface area contributed by atoms with E-state index in [2.05, 4.69) is 32.3 Å². The number of rotatable bonds is 3. The number of pyridine rings is 1. The topological polar surface area (TPSA) is 51.2 Å². The predicted octanol–water partition coefficient (Wildman–Crippen LogP) is 4.84. The molecule has 0 radical (unpaired) electrons. The Morgan fingerprint density at radius 1 is 1.15 bits per heavy atom. The second kappa shape index (κ2) is 6.88. The van der Waals surface area contributed by atoms with Gasteiger partial charge in [-0.15, -0.1) is 0 Å². The molecule has 26 heavy (non-hydrogen) atoms. The van der Waals surface area contributed by atoms with Gasteiger partial charge in [0.2, 0.25) is 0 Å². The molecule has 3 aromatic rings. The Balaban J connectivity index is 1.55. The second-order valence-electron chi connectivity index (χ2n) is 5.91. The monoisotopic (exact) mass is 412 g/mol. The van der Waals surface area contributed by atoms with Crippen LogP contribution in [-0.4, -0.2) is 17.5 Å². The highest BCUT2D eigenvalue weighted by Gasteiger charge is 2.17. The molecule has 0 bridgehead atoms. The van der Waals surface area contributed by atoms with Crippen LogP contribution < -0.4 is 10.1 Å². The molecule has 2 heterocycles. The standard InChI is InChI=1S/C20H14BrFN2O2/c21-16-10-14(9-12-7-8-26-19(12)16)13-5-6-18(23-11-13)24-20(25)15-3-1-2-4-17(15)22/h1-6,9-11H,7-8H2,(H,23,24,25). The van der Waals surface area contributed by atoms with E-state index in [1.165, 1.54) is 12.1 Å². The predicted molar refractivity (Wildman–Crippen MR) is 101 cm³/mol. The maximum absolute atomic E-state index is 13.7. The molecule has 1 aliphatic heterocycles. The number of fused-ring (bicyclic) bond motifs is 1. The molecule has 0 atom stereocenters. The molecule has 1 N–H and O–H groups in total. The number of nitrogens with zero attached hydrogens (tertiary/aromatic N) is 1. The summed E-state index contributed by atoms with van der Waals surface area (Å²) in [6, 6.07) is 13.5. The summed E-state index contributed by atoms with van der Waals surface area (Å²) in [5, 5.41) is 2.61. The fourth-order valence-corrected chi connectivity index (χ4v) is 3.51. The summed E-state index contributed by atoms with van der Waals surface area (Å²) in [6.45, 7) is 0.691. The number of halogens is 2. The molecule has 0 saturated heterocycles. The number of hydrogen-bond donors (Lipinski definition) is 1. The van der Waals surface area contributed by atoms with Gasteiger partial charge in [-0.25, -0.2) is 9.37 Å². The number of aromatic nitrogens is 1. The van der Waals surface area contributed by atoms with E-state index in [1.807, 2.05) is 12.1 Å². The third-order valence-corrected chi connectivity index (χ3v) is 4.78. The number of amides is 1. The number of carbonyl (C=O) groups is 1. The minimum absolute atomic E-state index is 0.0130. The zero-order chi connectivity index (χ0) is 18.1. The van der Waals surface area contributed by atoms with E-state index in [4.69, 9.17) is 4.74 Å². The first kappa shape index (κ1) is 16.7. The SMILES string of the molecule is O=C(Nc1ccc(-c2cc(Br)c3c(c2)CCO3)cn1)c1ccccc1F. The van der Waals surface area contributed by atoms with Gasteiger partial charge in [0.15, 0.2) is 0 Å². The first-order valence-corrected chi connectivity index (χ1v) is 8.88. The minimum Gasteiger partial charge on any atom is -0.492 e. The van der Waals surface area contributed by atoms with Gasteiger partial charge in [-0.1, -0.05) is 12.1 Å². The van der Waals surface area contributed by atoms with Crippen molar-refractivity contribution in [3.63, 3.8) is 0 Å². The smallest absolute Gasteiger partial charge is 0.259 e. The number of anilines is 1. The van der Waals surface area contributed by atoms with Crippen LogP contribution in [0.3, 0.4) is 0 Å². The van der Waals surface area contributed by atoms with Gasteiger partial charge in [-0.3, -0.25) is 4.79 Å². The Hall–Kier alpha value is -2.73. The summed E-state index contributed by atoms with van der Waals surface area (Å²) in [5.41, 5.74) is 3.08. The molecule has 1 amide bonds. The Kier molecular flexibility index (Phi) is 4.42. The molecule has 4 rings (SSSR count). The van der Waals surface area contributed by atoms with E-state index in [1.54, 1.807) is 24.4 Å². The van der Waals surface area contributed by atoms with Crippen molar-refractivity contribution in [3.8, 4) is 16.9 Å². The summed E-state index contributed by atoms with van der Waals surface area (Å²) in [4.78, 5) is 16.4. The Bertz CT molecular complexity index is 990. The van der Waals surface area contributed by atoms with Crippen LogP contribution in [0.25, 0.3) is 11.1 Å². The normalized spacial score (nSPS) is 12.4. The van der Waals surface area contributed by atoms with Gasteiger partial charge in [0.1, 0.15) is 17.4 Å². The lowest BCUT2D eigenvalue weighted by molar-refractivity contribution is 0.102. The molecule has 0 spiro atoms. The van der Waals surface area contributed by atoms with Gasteiger partial charge < -0.3 is 10.1 Å². The van der Waals surface area contributed by atoms with Crippen LogP contribution in [0.15, 0.2) is 59.2 Å². The summed E-state index contributed by atoms with van der Waals surface area (Å²) >= 11 is 3.54. The first-order valence-electron chi connectivity index (χ1n) is 8.09. The number of ether oxygens (including phenoxy) is 1. The van der Waals surface area contributed by atoms with E-state index in [-0.39, 0.29) is 5.56 Å². The minimum atomic E-state index is -0.563. The molecule has 0 aliphatic carbocycles. The van der Waals surface area contributed by atoms with Crippen molar-refractivity contribution in [1.29, 1.82) is 0 Å². The van der Waals surface area contributed by atoms with E-state index < -0.39 is 11.7 Å². The van der Waals surface area contributed by atoms with Gasteiger partial charge in [0, 0.05) is 18.2 Å². The molecule has 2 aromatic carbocycles.